The topological polar surface area (TPSA) is 68.5 Å². The summed E-state index contributed by atoms with van der Waals surface area (Å²) >= 11 is 0. The Morgan fingerprint density at radius 3 is 2.50 bits per heavy atom. The van der Waals surface area contributed by atoms with Crippen molar-refractivity contribution in [3.05, 3.63) is 65.5 Å². The first-order valence-electron chi connectivity index (χ1n) is 8.08. The zero-order chi connectivity index (χ0) is 17.1. The van der Waals surface area contributed by atoms with Crippen LogP contribution in [-0.4, -0.2) is 25.0 Å². The van der Waals surface area contributed by atoms with Crippen LogP contribution in [-0.2, 0) is 0 Å². The van der Waals surface area contributed by atoms with Gasteiger partial charge in [-0.1, -0.05) is 23.4 Å². The molecule has 3 rings (SSSR count). The molecule has 0 aliphatic heterocycles. The van der Waals surface area contributed by atoms with E-state index in [2.05, 4.69) is 39.4 Å². The van der Waals surface area contributed by atoms with E-state index in [0.29, 0.717) is 0 Å². The zero-order valence-electron chi connectivity index (χ0n) is 14.4. The summed E-state index contributed by atoms with van der Waals surface area (Å²) in [6.07, 6.45) is 3.85. The molecule has 0 saturated heterocycles. The second-order valence-corrected chi connectivity index (χ2v) is 5.99. The van der Waals surface area contributed by atoms with Crippen molar-refractivity contribution in [3.63, 3.8) is 0 Å². The van der Waals surface area contributed by atoms with E-state index in [9.17, 15) is 0 Å². The summed E-state index contributed by atoms with van der Waals surface area (Å²) in [6.45, 7) is 8.11. The minimum absolute atomic E-state index is 0.0677. The van der Waals surface area contributed by atoms with E-state index in [1.165, 1.54) is 0 Å². The number of aryl methyl sites for hydroxylation is 2. The minimum atomic E-state index is 0.0677. The predicted octanol–water partition coefficient (Wildman–Crippen LogP) is 3.09. The van der Waals surface area contributed by atoms with Crippen molar-refractivity contribution in [2.45, 2.75) is 39.8 Å². The average molecular weight is 322 g/mol. The Hall–Kier alpha value is -2.60. The van der Waals surface area contributed by atoms with E-state index in [4.69, 9.17) is 0 Å². The van der Waals surface area contributed by atoms with E-state index in [0.717, 1.165) is 28.5 Å². The summed E-state index contributed by atoms with van der Waals surface area (Å²) in [5.74, 6) is 0.794. The van der Waals surface area contributed by atoms with Crippen LogP contribution >= 0.6 is 0 Å². The highest BCUT2D eigenvalue weighted by atomic mass is 15.4. The largest absolute Gasteiger partial charge is 0.302 e. The molecule has 0 bridgehead atoms. The van der Waals surface area contributed by atoms with Crippen molar-refractivity contribution < 1.29 is 0 Å². The second kappa shape index (κ2) is 6.88. The normalized spacial score (nSPS) is 13.7. The van der Waals surface area contributed by atoms with Crippen molar-refractivity contribution in [3.8, 4) is 5.69 Å². The molecule has 2 heterocycles. The van der Waals surface area contributed by atoms with Gasteiger partial charge in [-0.2, -0.15) is 0 Å². The van der Waals surface area contributed by atoms with Crippen LogP contribution in [0.1, 0.15) is 48.7 Å². The minimum Gasteiger partial charge on any atom is -0.302 e. The molecule has 0 aliphatic carbocycles. The Labute approximate surface area is 142 Å². The molecule has 0 fully saturated rings. The average Bonchev–Trinajstić information content (AvgIpc) is 3.05. The number of hydrogen-bond donors (Lipinski definition) is 1. The van der Waals surface area contributed by atoms with Crippen molar-refractivity contribution >= 4 is 0 Å². The van der Waals surface area contributed by atoms with Gasteiger partial charge >= 0.3 is 0 Å². The number of nitrogens with zero attached hydrogens (tertiary/aromatic N) is 5. The molecule has 1 aromatic carbocycles. The molecule has 0 aliphatic rings. The summed E-state index contributed by atoms with van der Waals surface area (Å²) in [4.78, 5) is 8.74. The summed E-state index contributed by atoms with van der Waals surface area (Å²) in [7, 11) is 0. The zero-order valence-corrected chi connectivity index (χ0v) is 14.4. The SMILES string of the molecule is Cc1ncc([C@H](C)N[C@@H](C)c2cn(-c3ccccc3)nn2)c(C)n1. The Balaban J connectivity index is 1.73. The molecule has 3 aromatic rings. The molecule has 0 unspecified atom stereocenters. The fourth-order valence-corrected chi connectivity index (χ4v) is 2.75. The maximum atomic E-state index is 4.44. The van der Waals surface area contributed by atoms with Gasteiger partial charge in [0.1, 0.15) is 5.82 Å². The predicted molar refractivity (Wildman–Crippen MR) is 92.8 cm³/mol. The maximum absolute atomic E-state index is 4.44. The standard InChI is InChI=1S/C18H22N6/c1-12(17-10-19-15(4)21-13(17)2)20-14(3)18-11-24(23-22-18)16-8-6-5-7-9-16/h5-12,14,20H,1-4H3/t12-,14-/m0/s1. The smallest absolute Gasteiger partial charge is 0.125 e. The summed E-state index contributed by atoms with van der Waals surface area (Å²) in [5, 5.41) is 12.1. The van der Waals surface area contributed by atoms with E-state index in [-0.39, 0.29) is 12.1 Å². The Kier molecular flexibility index (Phi) is 4.66. The van der Waals surface area contributed by atoms with Crippen LogP contribution in [0.2, 0.25) is 0 Å². The number of hydrogen-bond acceptors (Lipinski definition) is 5. The van der Waals surface area contributed by atoms with E-state index >= 15 is 0 Å². The third-order valence-corrected chi connectivity index (χ3v) is 4.08. The highest BCUT2D eigenvalue weighted by Crippen LogP contribution is 2.20. The van der Waals surface area contributed by atoms with Crippen molar-refractivity contribution in [1.29, 1.82) is 0 Å². The van der Waals surface area contributed by atoms with Gasteiger partial charge in [0.2, 0.25) is 0 Å². The first-order chi connectivity index (χ1) is 11.5. The van der Waals surface area contributed by atoms with Crippen LogP contribution < -0.4 is 5.32 Å². The lowest BCUT2D eigenvalue weighted by Gasteiger charge is -2.19. The van der Waals surface area contributed by atoms with Crippen LogP contribution in [0.5, 0.6) is 0 Å². The van der Waals surface area contributed by atoms with Gasteiger partial charge in [-0.25, -0.2) is 14.6 Å². The first kappa shape index (κ1) is 16.3. The van der Waals surface area contributed by atoms with Crippen LogP contribution in [0.15, 0.2) is 42.7 Å². The molecule has 0 spiro atoms. The van der Waals surface area contributed by atoms with Gasteiger partial charge in [0.05, 0.1) is 23.6 Å². The fraction of sp³-hybridized carbons (Fsp3) is 0.333. The lowest BCUT2D eigenvalue weighted by molar-refractivity contribution is 0.481. The Morgan fingerprint density at radius 2 is 1.79 bits per heavy atom. The summed E-state index contributed by atoms with van der Waals surface area (Å²) in [6, 6.07) is 10.2. The monoisotopic (exact) mass is 322 g/mol. The highest BCUT2D eigenvalue weighted by molar-refractivity contribution is 5.30. The third-order valence-electron chi connectivity index (χ3n) is 4.08. The Bertz CT molecular complexity index is 811. The molecule has 2 atom stereocenters. The molecule has 6 nitrogen and oxygen atoms in total. The molecule has 6 heteroatoms. The van der Waals surface area contributed by atoms with Crippen molar-refractivity contribution in [2.75, 3.05) is 0 Å². The van der Waals surface area contributed by atoms with E-state index in [1.807, 2.05) is 56.6 Å². The van der Waals surface area contributed by atoms with Gasteiger partial charge in [-0.3, -0.25) is 0 Å². The fourth-order valence-electron chi connectivity index (χ4n) is 2.75. The second-order valence-electron chi connectivity index (χ2n) is 5.99. The Morgan fingerprint density at radius 1 is 1.04 bits per heavy atom. The molecule has 0 radical (unpaired) electrons. The molecule has 0 amide bonds. The number of aromatic nitrogens is 5. The molecule has 2 aromatic heterocycles. The van der Waals surface area contributed by atoms with Gasteiger partial charge in [-0.05, 0) is 39.8 Å². The summed E-state index contributed by atoms with van der Waals surface area (Å²) < 4.78 is 1.79. The number of rotatable bonds is 5. The lowest BCUT2D eigenvalue weighted by atomic mass is 10.1. The maximum Gasteiger partial charge on any atom is 0.125 e. The number of benzene rings is 1. The molecule has 1 N–H and O–H groups in total. The molecule has 0 saturated carbocycles. The lowest BCUT2D eigenvalue weighted by Crippen LogP contribution is -2.24. The van der Waals surface area contributed by atoms with Gasteiger partial charge in [0, 0.05) is 23.5 Å². The van der Waals surface area contributed by atoms with Crippen LogP contribution in [0.25, 0.3) is 5.69 Å². The van der Waals surface area contributed by atoms with Gasteiger partial charge in [0.15, 0.2) is 0 Å². The van der Waals surface area contributed by atoms with E-state index < -0.39 is 0 Å². The van der Waals surface area contributed by atoms with E-state index in [1.54, 1.807) is 4.68 Å². The van der Waals surface area contributed by atoms with Crippen LogP contribution in [0, 0.1) is 13.8 Å². The number of para-hydroxylation sites is 1. The summed E-state index contributed by atoms with van der Waals surface area (Å²) in [5.41, 5.74) is 4.00. The third kappa shape index (κ3) is 3.49. The highest BCUT2D eigenvalue weighted by Gasteiger charge is 2.16. The van der Waals surface area contributed by atoms with Crippen molar-refractivity contribution in [1.82, 2.24) is 30.3 Å². The molecule has 24 heavy (non-hydrogen) atoms. The van der Waals surface area contributed by atoms with Gasteiger partial charge in [0.25, 0.3) is 0 Å². The van der Waals surface area contributed by atoms with Gasteiger partial charge < -0.3 is 5.32 Å². The van der Waals surface area contributed by atoms with Crippen LogP contribution in [0.3, 0.4) is 0 Å². The van der Waals surface area contributed by atoms with Crippen LogP contribution in [0.4, 0.5) is 0 Å². The molecule has 124 valence electrons. The number of nitrogens with one attached hydrogen (secondary N) is 1. The first-order valence-corrected chi connectivity index (χ1v) is 8.08. The van der Waals surface area contributed by atoms with Crippen molar-refractivity contribution in [2.24, 2.45) is 0 Å². The van der Waals surface area contributed by atoms with Gasteiger partial charge in [-0.15, -0.1) is 5.10 Å². The molecular formula is C18H22N6. The molecular weight excluding hydrogens is 300 g/mol. The quantitative estimate of drug-likeness (QED) is 0.782.